The van der Waals surface area contributed by atoms with Crippen LogP contribution in [0.5, 0.6) is 0 Å². The number of carbonyl (C=O) groups excluding carboxylic acids is 1. The summed E-state index contributed by atoms with van der Waals surface area (Å²) in [4.78, 5) is 11.0. The summed E-state index contributed by atoms with van der Waals surface area (Å²) in [6, 6.07) is 0. The van der Waals surface area contributed by atoms with Crippen LogP contribution in [-0.4, -0.2) is 25.7 Å². The molecule has 1 atom stereocenters. The number of methoxy groups -OCH3 is 1. The Hall–Kier alpha value is -0.830. The van der Waals surface area contributed by atoms with Gasteiger partial charge < -0.3 is 10.1 Å². The van der Waals surface area contributed by atoms with E-state index in [2.05, 4.69) is 11.9 Å². The number of rotatable bonds is 5. The number of amides is 1. The Bertz CT molecular complexity index is 210. The molecule has 1 saturated carbocycles. The van der Waals surface area contributed by atoms with Crippen molar-refractivity contribution >= 4 is 5.91 Å². The Morgan fingerprint density at radius 2 is 2.20 bits per heavy atom. The molecule has 3 heteroatoms. The van der Waals surface area contributed by atoms with Gasteiger partial charge in [0.1, 0.15) is 0 Å². The SMILES string of the molecule is C=CC(=O)NCC(OC)C1CCCCC1. The monoisotopic (exact) mass is 211 g/mol. The summed E-state index contributed by atoms with van der Waals surface area (Å²) in [5, 5.41) is 2.80. The van der Waals surface area contributed by atoms with Crippen molar-refractivity contribution in [3.05, 3.63) is 12.7 Å². The van der Waals surface area contributed by atoms with Crippen molar-refractivity contribution < 1.29 is 9.53 Å². The lowest BCUT2D eigenvalue weighted by Crippen LogP contribution is -2.37. The van der Waals surface area contributed by atoms with Gasteiger partial charge in [0.15, 0.2) is 0 Å². The third kappa shape index (κ3) is 4.04. The highest BCUT2D eigenvalue weighted by atomic mass is 16.5. The van der Waals surface area contributed by atoms with E-state index in [1.807, 2.05) is 0 Å². The van der Waals surface area contributed by atoms with E-state index in [1.165, 1.54) is 38.2 Å². The first kappa shape index (κ1) is 12.2. The molecule has 86 valence electrons. The molecule has 1 aliphatic rings. The van der Waals surface area contributed by atoms with Gasteiger partial charge in [0, 0.05) is 13.7 Å². The molecule has 15 heavy (non-hydrogen) atoms. The van der Waals surface area contributed by atoms with E-state index in [0.717, 1.165) is 0 Å². The second-order valence-corrected chi connectivity index (χ2v) is 4.12. The zero-order valence-corrected chi connectivity index (χ0v) is 9.50. The molecule has 3 nitrogen and oxygen atoms in total. The summed E-state index contributed by atoms with van der Waals surface area (Å²) in [7, 11) is 1.72. The average molecular weight is 211 g/mol. The molecule has 0 aliphatic heterocycles. The molecule has 0 bridgehead atoms. The number of carbonyl (C=O) groups is 1. The third-order valence-electron chi connectivity index (χ3n) is 3.14. The van der Waals surface area contributed by atoms with Crippen LogP contribution >= 0.6 is 0 Å². The minimum absolute atomic E-state index is 0.118. The zero-order valence-electron chi connectivity index (χ0n) is 9.50. The van der Waals surface area contributed by atoms with Gasteiger partial charge in [0.2, 0.25) is 5.91 Å². The molecule has 0 radical (unpaired) electrons. The van der Waals surface area contributed by atoms with Crippen LogP contribution in [-0.2, 0) is 9.53 Å². The fourth-order valence-corrected chi connectivity index (χ4v) is 2.22. The molecular formula is C12H21NO2. The molecule has 0 spiro atoms. The molecule has 0 aromatic rings. The van der Waals surface area contributed by atoms with Crippen LogP contribution in [0, 0.1) is 5.92 Å². The van der Waals surface area contributed by atoms with E-state index < -0.39 is 0 Å². The van der Waals surface area contributed by atoms with Gasteiger partial charge in [-0.3, -0.25) is 4.79 Å². The summed E-state index contributed by atoms with van der Waals surface area (Å²) in [6.07, 6.45) is 7.83. The molecule has 1 rings (SSSR count). The van der Waals surface area contributed by atoms with Crippen molar-refractivity contribution in [2.24, 2.45) is 5.92 Å². The van der Waals surface area contributed by atoms with Gasteiger partial charge in [0.05, 0.1) is 6.10 Å². The lowest BCUT2D eigenvalue weighted by Gasteiger charge is -2.29. The van der Waals surface area contributed by atoms with Gasteiger partial charge in [-0.15, -0.1) is 0 Å². The predicted octanol–water partition coefficient (Wildman–Crippen LogP) is 1.88. The van der Waals surface area contributed by atoms with Crippen LogP contribution in [0.25, 0.3) is 0 Å². The highest BCUT2D eigenvalue weighted by Gasteiger charge is 2.23. The van der Waals surface area contributed by atoms with Crippen molar-refractivity contribution in [2.45, 2.75) is 38.2 Å². The van der Waals surface area contributed by atoms with Crippen molar-refractivity contribution in [3.8, 4) is 0 Å². The molecular weight excluding hydrogens is 190 g/mol. The van der Waals surface area contributed by atoms with Gasteiger partial charge in [-0.1, -0.05) is 25.8 Å². The average Bonchev–Trinajstić information content (AvgIpc) is 2.31. The fraction of sp³-hybridized carbons (Fsp3) is 0.750. The molecule has 0 aromatic heterocycles. The Morgan fingerprint density at radius 1 is 1.53 bits per heavy atom. The number of hydrogen-bond acceptors (Lipinski definition) is 2. The Labute approximate surface area is 91.9 Å². The van der Waals surface area contributed by atoms with E-state index in [1.54, 1.807) is 7.11 Å². The largest absolute Gasteiger partial charge is 0.379 e. The summed E-state index contributed by atoms with van der Waals surface area (Å²) < 4.78 is 5.44. The van der Waals surface area contributed by atoms with Gasteiger partial charge in [-0.25, -0.2) is 0 Å². The maximum Gasteiger partial charge on any atom is 0.243 e. The first-order chi connectivity index (χ1) is 7.27. The summed E-state index contributed by atoms with van der Waals surface area (Å²) >= 11 is 0. The topological polar surface area (TPSA) is 38.3 Å². The predicted molar refractivity (Wildman–Crippen MR) is 60.6 cm³/mol. The summed E-state index contributed by atoms with van der Waals surface area (Å²) in [5.74, 6) is 0.488. The quantitative estimate of drug-likeness (QED) is 0.705. The molecule has 1 fully saturated rings. The number of nitrogens with one attached hydrogen (secondary N) is 1. The minimum Gasteiger partial charge on any atom is -0.379 e. The second kappa shape index (κ2) is 6.62. The van der Waals surface area contributed by atoms with E-state index in [-0.39, 0.29) is 12.0 Å². The van der Waals surface area contributed by atoms with Crippen molar-refractivity contribution in [3.63, 3.8) is 0 Å². The molecule has 1 amide bonds. The maximum atomic E-state index is 11.0. The Balaban J connectivity index is 2.33. The normalized spacial score (nSPS) is 19.5. The van der Waals surface area contributed by atoms with Gasteiger partial charge >= 0.3 is 0 Å². The van der Waals surface area contributed by atoms with Crippen molar-refractivity contribution in [1.29, 1.82) is 0 Å². The molecule has 1 unspecified atom stereocenters. The Morgan fingerprint density at radius 3 is 2.73 bits per heavy atom. The maximum absolute atomic E-state index is 11.0. The standard InChI is InChI=1S/C12H21NO2/c1-3-12(14)13-9-11(15-2)10-7-5-4-6-8-10/h3,10-11H,1,4-9H2,2H3,(H,13,14). The van der Waals surface area contributed by atoms with Gasteiger partial charge in [-0.05, 0) is 24.8 Å². The summed E-state index contributed by atoms with van der Waals surface area (Å²) in [6.45, 7) is 4.03. The second-order valence-electron chi connectivity index (χ2n) is 4.12. The number of hydrogen-bond donors (Lipinski definition) is 1. The van der Waals surface area contributed by atoms with Crippen LogP contribution in [0.3, 0.4) is 0 Å². The summed E-state index contributed by atoms with van der Waals surface area (Å²) in [5.41, 5.74) is 0. The first-order valence-corrected chi connectivity index (χ1v) is 5.71. The van der Waals surface area contributed by atoms with Gasteiger partial charge in [-0.2, -0.15) is 0 Å². The van der Waals surface area contributed by atoms with Crippen LogP contribution in [0.4, 0.5) is 0 Å². The lowest BCUT2D eigenvalue weighted by atomic mass is 9.85. The molecule has 0 aromatic carbocycles. The van der Waals surface area contributed by atoms with E-state index >= 15 is 0 Å². The molecule has 0 heterocycles. The fourth-order valence-electron chi connectivity index (χ4n) is 2.22. The van der Waals surface area contributed by atoms with Crippen LogP contribution < -0.4 is 5.32 Å². The van der Waals surface area contributed by atoms with Crippen molar-refractivity contribution in [2.75, 3.05) is 13.7 Å². The van der Waals surface area contributed by atoms with E-state index in [9.17, 15) is 4.79 Å². The number of ether oxygens (including phenoxy) is 1. The van der Waals surface area contributed by atoms with Crippen LogP contribution in [0.2, 0.25) is 0 Å². The van der Waals surface area contributed by atoms with E-state index in [4.69, 9.17) is 4.74 Å². The highest BCUT2D eigenvalue weighted by Crippen LogP contribution is 2.27. The first-order valence-electron chi connectivity index (χ1n) is 5.71. The molecule has 1 N–H and O–H groups in total. The van der Waals surface area contributed by atoms with Crippen LogP contribution in [0.15, 0.2) is 12.7 Å². The zero-order chi connectivity index (χ0) is 11.1. The third-order valence-corrected chi connectivity index (χ3v) is 3.14. The highest BCUT2D eigenvalue weighted by molar-refractivity contribution is 5.86. The van der Waals surface area contributed by atoms with Crippen molar-refractivity contribution in [1.82, 2.24) is 5.32 Å². The molecule has 1 aliphatic carbocycles. The van der Waals surface area contributed by atoms with E-state index in [0.29, 0.717) is 12.5 Å². The van der Waals surface area contributed by atoms with Gasteiger partial charge in [0.25, 0.3) is 0 Å². The lowest BCUT2D eigenvalue weighted by molar-refractivity contribution is -0.117. The Kier molecular flexibility index (Phi) is 5.40. The smallest absolute Gasteiger partial charge is 0.243 e. The minimum atomic E-state index is -0.118. The van der Waals surface area contributed by atoms with Crippen LogP contribution in [0.1, 0.15) is 32.1 Å². The molecule has 0 saturated heterocycles.